The van der Waals surface area contributed by atoms with E-state index >= 15 is 4.39 Å². The third kappa shape index (κ3) is 8.03. The zero-order valence-corrected chi connectivity index (χ0v) is 27.6. The molecule has 250 valence electrons. The Morgan fingerprint density at radius 1 is 1.18 bits per heavy atom. The minimum Gasteiger partial charge on any atom is -0.484 e. The number of likely N-dealkylation sites (tertiary alicyclic amines) is 1. The Labute approximate surface area is 270 Å². The predicted molar refractivity (Wildman–Crippen MR) is 170 cm³/mol. The lowest BCUT2D eigenvalue weighted by molar-refractivity contribution is -0.130. The van der Waals surface area contributed by atoms with Crippen molar-refractivity contribution in [2.45, 2.75) is 91.0 Å². The van der Waals surface area contributed by atoms with Crippen molar-refractivity contribution < 1.29 is 28.6 Å². The van der Waals surface area contributed by atoms with Gasteiger partial charge in [-0.2, -0.15) is 0 Å². The number of rotatable bonds is 6. The molecule has 5 N–H and O–H groups in total. The summed E-state index contributed by atoms with van der Waals surface area (Å²) >= 11 is 6.42. The van der Waals surface area contributed by atoms with Gasteiger partial charge in [0.05, 0.1) is 17.4 Å². The molecule has 1 aromatic rings. The van der Waals surface area contributed by atoms with Gasteiger partial charge in [0, 0.05) is 43.2 Å². The highest BCUT2D eigenvalue weighted by atomic mass is 35.5. The first-order chi connectivity index (χ1) is 21.4. The number of carbonyl (C=O) groups is 3. The van der Waals surface area contributed by atoms with Crippen molar-refractivity contribution in [1.29, 1.82) is 0 Å². The highest BCUT2D eigenvalue weighted by Gasteiger charge is 2.52. The van der Waals surface area contributed by atoms with E-state index in [1.807, 2.05) is 0 Å². The number of benzene rings is 1. The Balaban J connectivity index is 0.000000325. The molecule has 2 aliphatic carbocycles. The fourth-order valence-electron chi connectivity index (χ4n) is 7.11. The first kappa shape index (κ1) is 34.8. The van der Waals surface area contributed by atoms with Crippen LogP contribution < -0.4 is 16.3 Å². The van der Waals surface area contributed by atoms with Crippen LogP contribution in [-0.4, -0.2) is 71.5 Å². The molecule has 1 spiro atoms. The number of halogens is 2. The summed E-state index contributed by atoms with van der Waals surface area (Å²) in [5.41, 5.74) is 9.46. The molecule has 0 aromatic heterocycles. The summed E-state index contributed by atoms with van der Waals surface area (Å²) in [7, 11) is 0. The molecule has 2 amide bonds. The number of nitrogens with zero attached hydrogens (tertiary/aromatic N) is 3. The van der Waals surface area contributed by atoms with Crippen LogP contribution in [0.15, 0.2) is 17.5 Å². The minimum absolute atomic E-state index is 0.0313. The highest BCUT2D eigenvalue weighted by molar-refractivity contribution is 6.31. The Hall–Kier alpha value is -3.05. The van der Waals surface area contributed by atoms with Crippen LogP contribution in [0.25, 0.3) is 0 Å². The van der Waals surface area contributed by atoms with E-state index in [9.17, 15) is 9.59 Å². The molecule has 5 aliphatic rings. The fourth-order valence-corrected chi connectivity index (χ4v) is 7.40. The summed E-state index contributed by atoms with van der Waals surface area (Å²) in [4.78, 5) is 36.4. The lowest BCUT2D eigenvalue weighted by atomic mass is 9.70. The molecule has 3 aliphatic heterocycles. The summed E-state index contributed by atoms with van der Waals surface area (Å²) in [5.74, 6) is 6.41. The fraction of sp³-hybridized carbons (Fsp3) is 0.667. The van der Waals surface area contributed by atoms with Gasteiger partial charge in [-0.15, -0.1) is 0 Å². The Morgan fingerprint density at radius 2 is 1.89 bits per heavy atom. The molecule has 2 saturated carbocycles. The van der Waals surface area contributed by atoms with E-state index in [0.29, 0.717) is 54.2 Å². The third-order valence-electron chi connectivity index (χ3n) is 10.5. The Bertz CT molecular complexity index is 1290. The molecule has 4 fully saturated rings. The molecule has 2 saturated heterocycles. The number of ether oxygens (including phenoxy) is 1. The number of carboxylic acid groups (broad SMARTS) is 1. The largest absolute Gasteiger partial charge is 0.484 e. The maximum absolute atomic E-state index is 15.2. The summed E-state index contributed by atoms with van der Waals surface area (Å²) < 4.78 is 21.1. The first-order valence-electron chi connectivity index (χ1n) is 16.1. The van der Waals surface area contributed by atoms with Crippen molar-refractivity contribution in [3.8, 4) is 5.75 Å². The van der Waals surface area contributed by atoms with Gasteiger partial charge in [0.1, 0.15) is 6.61 Å². The molecule has 12 heteroatoms. The Kier molecular flexibility index (Phi) is 11.3. The summed E-state index contributed by atoms with van der Waals surface area (Å²) in [6, 6.07) is 0.705. The summed E-state index contributed by atoms with van der Waals surface area (Å²) in [6.07, 6.45) is 11.3. The van der Waals surface area contributed by atoms with Crippen LogP contribution in [0.1, 0.15) is 95.7 Å². The summed E-state index contributed by atoms with van der Waals surface area (Å²) in [5, 5.41) is 8.78. The van der Waals surface area contributed by atoms with Gasteiger partial charge in [-0.1, -0.05) is 51.6 Å². The van der Waals surface area contributed by atoms with Crippen LogP contribution in [0.4, 0.5) is 4.39 Å². The minimum atomic E-state index is -0.614. The Morgan fingerprint density at radius 3 is 2.42 bits per heavy atom. The average molecular weight is 650 g/mol. The van der Waals surface area contributed by atoms with Crippen molar-refractivity contribution in [3.05, 3.63) is 39.4 Å². The van der Waals surface area contributed by atoms with Crippen LogP contribution in [0, 0.1) is 22.6 Å². The van der Waals surface area contributed by atoms with Gasteiger partial charge in [0.2, 0.25) is 12.3 Å². The molecule has 2 atom stereocenters. The SMILES string of the molecule is CC1CCCCC1(C)C.N/C(COc1c(F)cc(Cl)c2c1C(CN1CC3(CC3)CC1=O)N(C=O)CC2)=C1/CCCN1N.O=CO. The lowest BCUT2D eigenvalue weighted by Gasteiger charge is -2.38. The molecule has 6 rings (SSSR count). The standard InChI is InChI=1S/C23H29ClFN5O3.C9H18.CH2O2/c24-15-8-16(25)22(33-11-17(26)18-2-1-6-30(18)27)21-14(15)3-7-28(13-31)19(21)10-29-12-23(4-5-23)9-20(29)32;1-8-6-4-5-7-9(8,2)3;2-1-3/h8,13,19H,1-7,9-12,26-27H2;8H,4-7H2,1-3H3;1H,(H,2,3)/b18-17-;;. The van der Waals surface area contributed by atoms with Crippen LogP contribution in [0.3, 0.4) is 0 Å². The number of hydrazine groups is 1. The molecule has 0 radical (unpaired) electrons. The normalized spacial score (nSPS) is 25.5. The number of hydrogen-bond donors (Lipinski definition) is 3. The number of hydrogen-bond acceptors (Lipinski definition) is 7. The second-order valence-corrected chi connectivity index (χ2v) is 14.3. The maximum Gasteiger partial charge on any atom is 0.290 e. The summed E-state index contributed by atoms with van der Waals surface area (Å²) in [6.45, 7) is 9.01. The zero-order chi connectivity index (χ0) is 32.9. The number of nitrogens with two attached hydrogens (primary N) is 2. The van der Waals surface area contributed by atoms with Gasteiger partial charge in [0.15, 0.2) is 11.6 Å². The molecular weight excluding hydrogens is 601 g/mol. The van der Waals surface area contributed by atoms with E-state index < -0.39 is 11.9 Å². The molecule has 10 nitrogen and oxygen atoms in total. The van der Waals surface area contributed by atoms with Gasteiger partial charge >= 0.3 is 0 Å². The quantitative estimate of drug-likeness (QED) is 0.289. The van der Waals surface area contributed by atoms with E-state index in [0.717, 1.165) is 49.3 Å². The smallest absolute Gasteiger partial charge is 0.290 e. The van der Waals surface area contributed by atoms with Crippen molar-refractivity contribution in [1.82, 2.24) is 14.8 Å². The maximum atomic E-state index is 15.2. The number of fused-ring (bicyclic) bond motifs is 1. The third-order valence-corrected chi connectivity index (χ3v) is 10.9. The van der Waals surface area contributed by atoms with Gasteiger partial charge < -0.3 is 30.4 Å². The predicted octanol–water partition coefficient (Wildman–Crippen LogP) is 4.99. The van der Waals surface area contributed by atoms with Crippen molar-refractivity contribution >= 4 is 30.4 Å². The highest BCUT2D eigenvalue weighted by Crippen LogP contribution is 2.54. The molecule has 2 unspecified atom stereocenters. The lowest BCUT2D eigenvalue weighted by Crippen LogP contribution is -2.42. The monoisotopic (exact) mass is 649 g/mol. The molecule has 45 heavy (non-hydrogen) atoms. The van der Waals surface area contributed by atoms with Gasteiger partial charge in [-0.05, 0) is 66.9 Å². The van der Waals surface area contributed by atoms with Gasteiger partial charge in [-0.25, -0.2) is 10.2 Å². The first-order valence-corrected chi connectivity index (χ1v) is 16.4. The van der Waals surface area contributed by atoms with Crippen LogP contribution >= 0.6 is 11.6 Å². The van der Waals surface area contributed by atoms with Crippen molar-refractivity contribution in [2.24, 2.45) is 28.3 Å². The molecule has 1 aromatic carbocycles. The van der Waals surface area contributed by atoms with E-state index in [4.69, 9.17) is 37.8 Å². The van der Waals surface area contributed by atoms with E-state index in [1.54, 1.807) is 14.8 Å². The van der Waals surface area contributed by atoms with Crippen LogP contribution in [-0.2, 0) is 20.8 Å². The molecule has 3 heterocycles. The average Bonchev–Trinajstić information content (AvgIpc) is 3.47. The van der Waals surface area contributed by atoms with Crippen molar-refractivity contribution in [3.63, 3.8) is 0 Å². The number of amides is 2. The zero-order valence-electron chi connectivity index (χ0n) is 26.8. The van der Waals surface area contributed by atoms with Crippen LogP contribution in [0.5, 0.6) is 5.75 Å². The van der Waals surface area contributed by atoms with Gasteiger partial charge in [-0.3, -0.25) is 14.4 Å². The van der Waals surface area contributed by atoms with Gasteiger partial charge in [0.25, 0.3) is 6.47 Å². The number of allylic oxidation sites excluding steroid dienone is 1. The van der Waals surface area contributed by atoms with E-state index in [2.05, 4.69) is 20.8 Å². The topological polar surface area (TPSA) is 142 Å². The second kappa shape index (κ2) is 14.6. The van der Waals surface area contributed by atoms with Crippen LogP contribution in [0.2, 0.25) is 5.02 Å². The second-order valence-electron chi connectivity index (χ2n) is 13.9. The number of carbonyl (C=O) groups excluding carboxylic acids is 2. The van der Waals surface area contributed by atoms with E-state index in [1.165, 1.54) is 31.7 Å². The van der Waals surface area contributed by atoms with E-state index in [-0.39, 0.29) is 36.7 Å². The van der Waals surface area contributed by atoms with Crippen molar-refractivity contribution in [2.75, 3.05) is 32.8 Å². The molecular formula is C33H49ClFN5O5. The molecule has 0 bridgehead atoms.